The second-order valence-electron chi connectivity index (χ2n) is 12.4. The molecule has 188 valence electrons. The number of rotatable bonds is 1. The van der Waals surface area contributed by atoms with Crippen molar-refractivity contribution in [3.05, 3.63) is 11.8 Å². The van der Waals surface area contributed by atoms with Gasteiger partial charge in [-0.15, -0.1) is 0 Å². The normalized spacial score (nSPS) is 24.6. The molecule has 2 heterocycles. The highest BCUT2D eigenvalue weighted by Gasteiger charge is 2.29. The van der Waals surface area contributed by atoms with Crippen molar-refractivity contribution in [2.75, 3.05) is 26.2 Å². The average Bonchev–Trinajstić information content (AvgIpc) is 3.44. The number of nitrogens with zero attached hydrogens (tertiary/aromatic N) is 1. The van der Waals surface area contributed by atoms with Crippen LogP contribution in [0.4, 0.5) is 0 Å². The van der Waals surface area contributed by atoms with Gasteiger partial charge in [-0.05, 0) is 93.5 Å². The standard InChI is InChI=1S/C14H25N.C10H18O.C4H9N.CH4/c1-14(2,3)12-6-8-13(9-7-12)15-10-4-5-11-15;1-10(2,3)8-4-6-9(11)7-5-8;1-2-4-5-3-1;/h8,12H,4-7,9-11H2,1-3H3;8H,4-7H2,1-3H3;5H,1-4H2;1H4. The Morgan fingerprint density at radius 1 is 0.781 bits per heavy atom. The molecule has 1 saturated carbocycles. The van der Waals surface area contributed by atoms with Gasteiger partial charge in [-0.2, -0.15) is 0 Å². The lowest BCUT2D eigenvalue weighted by atomic mass is 9.72. The zero-order valence-electron chi connectivity index (χ0n) is 21.7. The summed E-state index contributed by atoms with van der Waals surface area (Å²) in [5.41, 5.74) is 2.54. The van der Waals surface area contributed by atoms with E-state index in [1.54, 1.807) is 5.70 Å². The molecular formula is C29H56N2O. The van der Waals surface area contributed by atoms with Gasteiger partial charge in [0.2, 0.25) is 0 Å². The largest absolute Gasteiger partial charge is 0.375 e. The first kappa shape index (κ1) is 29.2. The molecule has 0 radical (unpaired) electrons. The molecule has 0 amide bonds. The summed E-state index contributed by atoms with van der Waals surface area (Å²) in [7, 11) is 0. The van der Waals surface area contributed by atoms with Crippen LogP contribution >= 0.6 is 0 Å². The lowest BCUT2D eigenvalue weighted by Gasteiger charge is -2.35. The van der Waals surface area contributed by atoms with Gasteiger partial charge >= 0.3 is 0 Å². The van der Waals surface area contributed by atoms with Crippen LogP contribution in [0.25, 0.3) is 0 Å². The molecule has 0 spiro atoms. The zero-order chi connectivity index (χ0) is 22.9. The minimum absolute atomic E-state index is 0. The molecule has 0 aromatic heterocycles. The van der Waals surface area contributed by atoms with Gasteiger partial charge in [0.15, 0.2) is 0 Å². The third-order valence-electron chi connectivity index (χ3n) is 7.85. The van der Waals surface area contributed by atoms with E-state index < -0.39 is 0 Å². The van der Waals surface area contributed by atoms with Crippen LogP contribution in [-0.4, -0.2) is 36.9 Å². The topological polar surface area (TPSA) is 32.3 Å². The Bertz CT molecular complexity index is 539. The van der Waals surface area contributed by atoms with Crippen LogP contribution < -0.4 is 5.32 Å². The molecule has 4 aliphatic rings. The van der Waals surface area contributed by atoms with E-state index in [9.17, 15) is 4.79 Å². The minimum Gasteiger partial charge on any atom is -0.375 e. The summed E-state index contributed by atoms with van der Waals surface area (Å²) in [6, 6.07) is 0. The molecule has 4 rings (SSSR count). The van der Waals surface area contributed by atoms with E-state index in [0.29, 0.717) is 16.6 Å². The fraction of sp³-hybridized carbons (Fsp3) is 0.897. The molecule has 3 fully saturated rings. The number of Topliss-reactive ketones (excluding diaryl/α,β-unsaturated/α-hetero) is 1. The fourth-order valence-electron chi connectivity index (χ4n) is 5.33. The summed E-state index contributed by atoms with van der Waals surface area (Å²) in [6.45, 7) is 19.1. The summed E-state index contributed by atoms with van der Waals surface area (Å²) in [6.07, 6.45) is 16.0. The van der Waals surface area contributed by atoms with E-state index in [-0.39, 0.29) is 7.43 Å². The molecule has 1 N–H and O–H groups in total. The Kier molecular flexibility index (Phi) is 12.6. The van der Waals surface area contributed by atoms with Crippen LogP contribution in [0.3, 0.4) is 0 Å². The predicted octanol–water partition coefficient (Wildman–Crippen LogP) is 7.61. The van der Waals surface area contributed by atoms with Gasteiger partial charge in [-0.1, -0.05) is 55.0 Å². The van der Waals surface area contributed by atoms with E-state index in [0.717, 1.165) is 37.5 Å². The molecule has 32 heavy (non-hydrogen) atoms. The van der Waals surface area contributed by atoms with Gasteiger partial charge in [0.05, 0.1) is 0 Å². The summed E-state index contributed by atoms with van der Waals surface area (Å²) in [5, 5.41) is 3.22. The van der Waals surface area contributed by atoms with Crippen LogP contribution in [0.5, 0.6) is 0 Å². The Labute approximate surface area is 201 Å². The Hall–Kier alpha value is -0.830. The third-order valence-corrected chi connectivity index (χ3v) is 7.85. The molecule has 2 aliphatic heterocycles. The second kappa shape index (κ2) is 13.8. The summed E-state index contributed by atoms with van der Waals surface area (Å²) >= 11 is 0. The first-order chi connectivity index (χ1) is 14.6. The van der Waals surface area contributed by atoms with E-state index in [4.69, 9.17) is 0 Å². The number of carbonyl (C=O) groups excluding carboxylic acids is 1. The Balaban J connectivity index is 0.000000264. The highest BCUT2D eigenvalue weighted by molar-refractivity contribution is 5.79. The van der Waals surface area contributed by atoms with Crippen LogP contribution in [0, 0.1) is 22.7 Å². The van der Waals surface area contributed by atoms with Crippen LogP contribution in [0.2, 0.25) is 0 Å². The van der Waals surface area contributed by atoms with Crippen LogP contribution in [0.1, 0.15) is 120 Å². The molecule has 3 heteroatoms. The highest BCUT2D eigenvalue weighted by atomic mass is 16.1. The van der Waals surface area contributed by atoms with Crippen molar-refractivity contribution in [2.24, 2.45) is 22.7 Å². The predicted molar refractivity (Wildman–Crippen MR) is 141 cm³/mol. The molecule has 1 atom stereocenters. The average molecular weight is 449 g/mol. The molecule has 0 aromatic carbocycles. The lowest BCUT2D eigenvalue weighted by Crippen LogP contribution is -2.26. The van der Waals surface area contributed by atoms with E-state index in [1.165, 1.54) is 71.1 Å². The minimum atomic E-state index is 0. The lowest BCUT2D eigenvalue weighted by molar-refractivity contribution is -0.121. The van der Waals surface area contributed by atoms with Crippen molar-refractivity contribution in [1.29, 1.82) is 0 Å². The summed E-state index contributed by atoms with van der Waals surface area (Å²) in [5.74, 6) is 2.12. The van der Waals surface area contributed by atoms with E-state index in [1.807, 2.05) is 0 Å². The first-order valence-corrected chi connectivity index (χ1v) is 13.2. The maximum atomic E-state index is 10.9. The van der Waals surface area contributed by atoms with Crippen LogP contribution in [-0.2, 0) is 4.79 Å². The monoisotopic (exact) mass is 448 g/mol. The van der Waals surface area contributed by atoms with Gasteiger partial charge in [0.1, 0.15) is 5.78 Å². The molecular weight excluding hydrogens is 392 g/mol. The molecule has 3 nitrogen and oxygen atoms in total. The highest BCUT2D eigenvalue weighted by Crippen LogP contribution is 2.38. The molecule has 0 aromatic rings. The van der Waals surface area contributed by atoms with Gasteiger partial charge in [0.25, 0.3) is 0 Å². The van der Waals surface area contributed by atoms with Crippen LogP contribution in [0.15, 0.2) is 11.8 Å². The Morgan fingerprint density at radius 3 is 1.66 bits per heavy atom. The molecule has 2 saturated heterocycles. The van der Waals surface area contributed by atoms with Crippen molar-refractivity contribution in [1.82, 2.24) is 10.2 Å². The number of ketones is 1. The SMILES string of the molecule is C.C1CCNC1.CC(C)(C)C1CC=C(N2CCCC2)CC1.CC(C)(C)C1CCC(=O)CC1. The van der Waals surface area contributed by atoms with Crippen molar-refractivity contribution >= 4 is 5.78 Å². The molecule has 2 aliphatic carbocycles. The van der Waals surface area contributed by atoms with Gasteiger partial charge < -0.3 is 10.2 Å². The van der Waals surface area contributed by atoms with Crippen molar-refractivity contribution < 1.29 is 4.79 Å². The smallest absolute Gasteiger partial charge is 0.132 e. The Morgan fingerprint density at radius 2 is 1.28 bits per heavy atom. The van der Waals surface area contributed by atoms with Crippen molar-refractivity contribution in [2.45, 2.75) is 120 Å². The summed E-state index contributed by atoms with van der Waals surface area (Å²) in [4.78, 5) is 13.5. The quantitative estimate of drug-likeness (QED) is 0.448. The number of allylic oxidation sites excluding steroid dienone is 2. The van der Waals surface area contributed by atoms with Crippen molar-refractivity contribution in [3.63, 3.8) is 0 Å². The number of likely N-dealkylation sites (tertiary alicyclic amines) is 1. The number of carbonyl (C=O) groups is 1. The zero-order valence-corrected chi connectivity index (χ0v) is 21.7. The van der Waals surface area contributed by atoms with Crippen molar-refractivity contribution in [3.8, 4) is 0 Å². The maximum absolute atomic E-state index is 10.9. The number of hydrogen-bond acceptors (Lipinski definition) is 3. The first-order valence-electron chi connectivity index (χ1n) is 13.2. The van der Waals surface area contributed by atoms with Gasteiger partial charge in [-0.3, -0.25) is 4.79 Å². The van der Waals surface area contributed by atoms with E-state index >= 15 is 0 Å². The third kappa shape index (κ3) is 10.4. The number of nitrogens with one attached hydrogen (secondary N) is 1. The number of hydrogen-bond donors (Lipinski definition) is 1. The maximum Gasteiger partial charge on any atom is 0.132 e. The van der Waals surface area contributed by atoms with Gasteiger partial charge in [0, 0.05) is 31.6 Å². The summed E-state index contributed by atoms with van der Waals surface area (Å²) < 4.78 is 0. The second-order valence-corrected chi connectivity index (χ2v) is 12.4. The molecule has 0 bridgehead atoms. The fourth-order valence-corrected chi connectivity index (χ4v) is 5.33. The van der Waals surface area contributed by atoms with Gasteiger partial charge in [-0.25, -0.2) is 0 Å². The molecule has 1 unspecified atom stereocenters. The van der Waals surface area contributed by atoms with E-state index in [2.05, 4.69) is 57.8 Å².